The minimum Gasteiger partial charge on any atom is -0.324 e. The Bertz CT molecular complexity index is 661. The Morgan fingerprint density at radius 3 is 2.60 bits per heavy atom. The summed E-state index contributed by atoms with van der Waals surface area (Å²) in [7, 11) is 0. The third kappa shape index (κ3) is 2.75. The number of aromatic nitrogens is 3. The Hall–Kier alpha value is -2.46. The fourth-order valence-corrected chi connectivity index (χ4v) is 2.11. The molecule has 0 fully saturated rings. The number of nitrogens with zero attached hydrogens (tertiary/aromatic N) is 3. The van der Waals surface area contributed by atoms with E-state index in [0.717, 1.165) is 16.9 Å². The van der Waals surface area contributed by atoms with E-state index in [2.05, 4.69) is 10.1 Å². The molecule has 1 aromatic carbocycles. The lowest BCUT2D eigenvalue weighted by Gasteiger charge is -2.08. The first-order chi connectivity index (χ1) is 9.83. The maximum Gasteiger partial charge on any atom is 0.0645 e. The van der Waals surface area contributed by atoms with Crippen LogP contribution in [0.2, 0.25) is 0 Å². The maximum absolute atomic E-state index is 6.23. The van der Waals surface area contributed by atoms with Crippen LogP contribution in [0.25, 0.3) is 5.69 Å². The fraction of sp³-hybridized carbons (Fsp3) is 0.125. The molecule has 4 heteroatoms. The summed E-state index contributed by atoms with van der Waals surface area (Å²) in [4.78, 5) is 4.30. The van der Waals surface area contributed by atoms with Crippen molar-refractivity contribution in [3.8, 4) is 5.69 Å². The number of para-hydroxylation sites is 1. The van der Waals surface area contributed by atoms with Crippen molar-refractivity contribution in [3.63, 3.8) is 0 Å². The second kappa shape index (κ2) is 5.67. The van der Waals surface area contributed by atoms with Gasteiger partial charge in [0.25, 0.3) is 0 Å². The molecule has 0 saturated carbocycles. The van der Waals surface area contributed by atoms with E-state index in [4.69, 9.17) is 5.73 Å². The third-order valence-electron chi connectivity index (χ3n) is 3.21. The molecule has 2 N–H and O–H groups in total. The van der Waals surface area contributed by atoms with Crippen LogP contribution in [-0.4, -0.2) is 14.8 Å². The van der Waals surface area contributed by atoms with Gasteiger partial charge in [-0.3, -0.25) is 4.98 Å². The Balaban J connectivity index is 1.77. The molecule has 2 aromatic heterocycles. The van der Waals surface area contributed by atoms with Gasteiger partial charge in [0.05, 0.1) is 11.9 Å². The zero-order chi connectivity index (χ0) is 13.8. The maximum atomic E-state index is 6.23. The minimum atomic E-state index is -0.0950. The van der Waals surface area contributed by atoms with Crippen LogP contribution in [-0.2, 0) is 6.42 Å². The molecule has 0 radical (unpaired) electrons. The molecule has 4 nitrogen and oxygen atoms in total. The van der Waals surface area contributed by atoms with E-state index in [1.807, 2.05) is 65.6 Å². The van der Waals surface area contributed by atoms with Gasteiger partial charge in [-0.2, -0.15) is 5.10 Å². The molecular formula is C16H16N4. The second-order valence-electron chi connectivity index (χ2n) is 4.69. The number of hydrogen-bond acceptors (Lipinski definition) is 3. The summed E-state index contributed by atoms with van der Waals surface area (Å²) in [5.74, 6) is 0. The lowest BCUT2D eigenvalue weighted by atomic mass is 10.1. The highest BCUT2D eigenvalue weighted by molar-refractivity contribution is 5.31. The van der Waals surface area contributed by atoms with Gasteiger partial charge in [-0.25, -0.2) is 4.68 Å². The predicted octanol–water partition coefficient (Wildman–Crippen LogP) is 2.51. The molecule has 0 spiro atoms. The van der Waals surface area contributed by atoms with Crippen LogP contribution in [0.15, 0.2) is 67.1 Å². The van der Waals surface area contributed by atoms with Crippen molar-refractivity contribution in [1.29, 1.82) is 0 Å². The molecule has 0 aliphatic heterocycles. The number of nitrogens with two attached hydrogens (primary N) is 1. The SMILES string of the molecule is NC(Cc1ccccn1)c1cnn(-c2ccccc2)c1. The lowest BCUT2D eigenvalue weighted by molar-refractivity contribution is 0.706. The zero-order valence-corrected chi connectivity index (χ0v) is 11.1. The molecule has 1 unspecified atom stereocenters. The molecule has 0 aliphatic rings. The summed E-state index contributed by atoms with van der Waals surface area (Å²) < 4.78 is 1.84. The van der Waals surface area contributed by atoms with E-state index >= 15 is 0 Å². The summed E-state index contributed by atoms with van der Waals surface area (Å²) >= 11 is 0. The van der Waals surface area contributed by atoms with E-state index in [0.29, 0.717) is 6.42 Å². The highest BCUT2D eigenvalue weighted by Gasteiger charge is 2.10. The number of rotatable bonds is 4. The average molecular weight is 264 g/mol. The first-order valence-corrected chi connectivity index (χ1v) is 6.58. The van der Waals surface area contributed by atoms with Gasteiger partial charge in [0, 0.05) is 36.1 Å². The summed E-state index contributed by atoms with van der Waals surface area (Å²) in [5, 5.41) is 4.37. The number of benzene rings is 1. The molecule has 0 bridgehead atoms. The monoisotopic (exact) mass is 264 g/mol. The van der Waals surface area contributed by atoms with Crippen molar-refractivity contribution in [3.05, 3.63) is 78.4 Å². The van der Waals surface area contributed by atoms with Crippen molar-refractivity contribution in [2.24, 2.45) is 5.73 Å². The molecule has 3 rings (SSSR count). The predicted molar refractivity (Wildman–Crippen MR) is 78.4 cm³/mol. The molecule has 0 aliphatic carbocycles. The van der Waals surface area contributed by atoms with Gasteiger partial charge in [0.1, 0.15) is 0 Å². The highest BCUT2D eigenvalue weighted by Crippen LogP contribution is 2.16. The topological polar surface area (TPSA) is 56.7 Å². The van der Waals surface area contributed by atoms with Crippen LogP contribution < -0.4 is 5.73 Å². The van der Waals surface area contributed by atoms with Crippen molar-refractivity contribution >= 4 is 0 Å². The largest absolute Gasteiger partial charge is 0.324 e. The second-order valence-corrected chi connectivity index (χ2v) is 4.69. The van der Waals surface area contributed by atoms with Crippen molar-refractivity contribution in [1.82, 2.24) is 14.8 Å². The fourth-order valence-electron chi connectivity index (χ4n) is 2.11. The highest BCUT2D eigenvalue weighted by atomic mass is 15.3. The van der Waals surface area contributed by atoms with E-state index < -0.39 is 0 Å². The Morgan fingerprint density at radius 1 is 1.05 bits per heavy atom. The van der Waals surface area contributed by atoms with Gasteiger partial charge in [-0.1, -0.05) is 24.3 Å². The van der Waals surface area contributed by atoms with Gasteiger partial charge in [0.15, 0.2) is 0 Å². The third-order valence-corrected chi connectivity index (χ3v) is 3.21. The molecule has 0 saturated heterocycles. The van der Waals surface area contributed by atoms with Crippen LogP contribution in [0.5, 0.6) is 0 Å². The van der Waals surface area contributed by atoms with E-state index in [-0.39, 0.29) is 6.04 Å². The van der Waals surface area contributed by atoms with Gasteiger partial charge in [-0.15, -0.1) is 0 Å². The first-order valence-electron chi connectivity index (χ1n) is 6.58. The Morgan fingerprint density at radius 2 is 1.85 bits per heavy atom. The Labute approximate surface area is 117 Å². The summed E-state index contributed by atoms with van der Waals surface area (Å²) in [5.41, 5.74) is 9.26. The first kappa shape index (κ1) is 12.6. The standard InChI is InChI=1S/C16H16N4/c17-16(10-14-6-4-5-9-18-14)13-11-19-20(12-13)15-7-2-1-3-8-15/h1-9,11-12,16H,10,17H2. The molecule has 1 atom stereocenters. The van der Waals surface area contributed by atoms with Gasteiger partial charge in [-0.05, 0) is 24.3 Å². The van der Waals surface area contributed by atoms with E-state index in [1.54, 1.807) is 6.20 Å². The summed E-state index contributed by atoms with van der Waals surface area (Å²) in [6.45, 7) is 0. The molecule has 100 valence electrons. The van der Waals surface area contributed by atoms with Crippen LogP contribution in [0.3, 0.4) is 0 Å². The van der Waals surface area contributed by atoms with Crippen LogP contribution >= 0.6 is 0 Å². The van der Waals surface area contributed by atoms with E-state index in [1.165, 1.54) is 0 Å². The average Bonchev–Trinajstić information content (AvgIpc) is 2.99. The lowest BCUT2D eigenvalue weighted by Crippen LogP contribution is -2.13. The molecular weight excluding hydrogens is 248 g/mol. The van der Waals surface area contributed by atoms with E-state index in [9.17, 15) is 0 Å². The van der Waals surface area contributed by atoms with Crippen molar-refractivity contribution in [2.75, 3.05) is 0 Å². The quantitative estimate of drug-likeness (QED) is 0.787. The molecule has 0 amide bonds. The van der Waals surface area contributed by atoms with Gasteiger partial charge in [0.2, 0.25) is 0 Å². The van der Waals surface area contributed by atoms with Crippen LogP contribution in [0.4, 0.5) is 0 Å². The summed E-state index contributed by atoms with van der Waals surface area (Å²) in [6.07, 6.45) is 6.29. The van der Waals surface area contributed by atoms with Gasteiger partial charge >= 0.3 is 0 Å². The van der Waals surface area contributed by atoms with Crippen LogP contribution in [0, 0.1) is 0 Å². The van der Waals surface area contributed by atoms with Gasteiger partial charge < -0.3 is 5.73 Å². The molecule has 2 heterocycles. The van der Waals surface area contributed by atoms with Crippen molar-refractivity contribution in [2.45, 2.75) is 12.5 Å². The minimum absolute atomic E-state index is 0.0950. The molecule has 3 aromatic rings. The number of hydrogen-bond donors (Lipinski definition) is 1. The van der Waals surface area contributed by atoms with Crippen LogP contribution in [0.1, 0.15) is 17.3 Å². The Kier molecular flexibility index (Phi) is 3.56. The zero-order valence-electron chi connectivity index (χ0n) is 11.1. The molecule has 20 heavy (non-hydrogen) atoms. The smallest absolute Gasteiger partial charge is 0.0645 e. The van der Waals surface area contributed by atoms with Crippen molar-refractivity contribution < 1.29 is 0 Å². The summed E-state index contributed by atoms with van der Waals surface area (Å²) in [6, 6.07) is 15.8. The number of pyridine rings is 1. The normalized spacial score (nSPS) is 12.2.